The number of benzene rings is 1. The highest BCUT2D eigenvalue weighted by Crippen LogP contribution is 2.26. The van der Waals surface area contributed by atoms with E-state index in [0.29, 0.717) is 13.2 Å². The van der Waals surface area contributed by atoms with E-state index in [0.717, 1.165) is 51.6 Å². The van der Waals surface area contributed by atoms with E-state index in [1.165, 1.54) is 16.7 Å². The summed E-state index contributed by atoms with van der Waals surface area (Å²) in [6.45, 7) is 14.6. The van der Waals surface area contributed by atoms with E-state index in [1.54, 1.807) is 0 Å². The molecule has 4 heteroatoms. The Morgan fingerprint density at radius 2 is 1.96 bits per heavy atom. The van der Waals surface area contributed by atoms with Crippen molar-refractivity contribution in [1.29, 1.82) is 0 Å². The van der Waals surface area contributed by atoms with Gasteiger partial charge in [-0.1, -0.05) is 23.8 Å². The number of rotatable bonds is 9. The van der Waals surface area contributed by atoms with Crippen molar-refractivity contribution in [2.45, 2.75) is 20.3 Å². The number of hydrogen-bond donors (Lipinski definition) is 0. The monoisotopic (exact) mass is 319 g/mol. The van der Waals surface area contributed by atoms with Crippen molar-refractivity contribution in [3.63, 3.8) is 0 Å². The molecule has 0 saturated carbocycles. The molecule has 1 fully saturated rings. The van der Waals surface area contributed by atoms with E-state index < -0.39 is 0 Å². The Labute approximate surface area is 140 Å². The van der Waals surface area contributed by atoms with Crippen molar-refractivity contribution in [2.24, 2.45) is 0 Å². The van der Waals surface area contributed by atoms with Crippen LogP contribution in [0.4, 0.5) is 0 Å². The van der Waals surface area contributed by atoms with Gasteiger partial charge < -0.3 is 14.2 Å². The van der Waals surface area contributed by atoms with Crippen molar-refractivity contribution in [3.05, 3.63) is 41.5 Å². The zero-order chi connectivity index (χ0) is 16.5. The van der Waals surface area contributed by atoms with Gasteiger partial charge in [0.05, 0.1) is 26.4 Å². The Bertz CT molecular complexity index is 496. The third kappa shape index (κ3) is 5.98. The van der Waals surface area contributed by atoms with Gasteiger partial charge in [0, 0.05) is 19.6 Å². The minimum Gasteiger partial charge on any atom is -0.491 e. The minimum atomic E-state index is 0.581. The van der Waals surface area contributed by atoms with E-state index in [2.05, 4.69) is 37.5 Å². The largest absolute Gasteiger partial charge is 0.491 e. The molecule has 0 radical (unpaired) electrons. The summed E-state index contributed by atoms with van der Waals surface area (Å²) in [5.74, 6) is 0.979. The lowest BCUT2D eigenvalue weighted by Gasteiger charge is -2.26. The summed E-state index contributed by atoms with van der Waals surface area (Å²) in [4.78, 5) is 2.37. The van der Waals surface area contributed by atoms with Gasteiger partial charge in [-0.05, 0) is 31.4 Å². The van der Waals surface area contributed by atoms with Gasteiger partial charge in [-0.25, -0.2) is 0 Å². The van der Waals surface area contributed by atoms with Gasteiger partial charge in [0.25, 0.3) is 0 Å². The predicted molar refractivity (Wildman–Crippen MR) is 93.4 cm³/mol. The molecule has 0 atom stereocenters. The summed E-state index contributed by atoms with van der Waals surface area (Å²) in [5.41, 5.74) is 3.63. The molecule has 1 aromatic carbocycles. The summed E-state index contributed by atoms with van der Waals surface area (Å²) in [6, 6.07) is 4.32. The summed E-state index contributed by atoms with van der Waals surface area (Å²) in [6.07, 6.45) is 2.75. The summed E-state index contributed by atoms with van der Waals surface area (Å²) >= 11 is 0. The van der Waals surface area contributed by atoms with Crippen LogP contribution in [-0.2, 0) is 15.9 Å². The van der Waals surface area contributed by atoms with Gasteiger partial charge in [-0.3, -0.25) is 4.90 Å². The topological polar surface area (TPSA) is 30.9 Å². The molecular weight excluding hydrogens is 290 g/mol. The first-order chi connectivity index (χ1) is 11.2. The highest BCUT2D eigenvalue weighted by Gasteiger charge is 2.10. The summed E-state index contributed by atoms with van der Waals surface area (Å²) in [7, 11) is 0. The van der Waals surface area contributed by atoms with Crippen molar-refractivity contribution >= 4 is 0 Å². The van der Waals surface area contributed by atoms with E-state index >= 15 is 0 Å². The van der Waals surface area contributed by atoms with Gasteiger partial charge in [0.2, 0.25) is 0 Å². The molecule has 1 aromatic rings. The van der Waals surface area contributed by atoms with Gasteiger partial charge in [-0.2, -0.15) is 0 Å². The van der Waals surface area contributed by atoms with Crippen LogP contribution in [0.3, 0.4) is 0 Å². The van der Waals surface area contributed by atoms with Gasteiger partial charge >= 0.3 is 0 Å². The molecule has 128 valence electrons. The first-order valence-electron chi connectivity index (χ1n) is 8.42. The van der Waals surface area contributed by atoms with Crippen molar-refractivity contribution in [3.8, 4) is 5.75 Å². The van der Waals surface area contributed by atoms with Crippen molar-refractivity contribution < 1.29 is 14.2 Å². The molecule has 0 unspecified atom stereocenters. The molecule has 1 heterocycles. The first kappa shape index (κ1) is 18.0. The SMILES string of the molecule is C=CCc1cc(C)cc(C)c1OCCOCCN1CCOCC1. The molecule has 0 aliphatic carbocycles. The van der Waals surface area contributed by atoms with Gasteiger partial charge in [-0.15, -0.1) is 6.58 Å². The number of allylic oxidation sites excluding steroid dienone is 1. The Morgan fingerprint density at radius 3 is 2.70 bits per heavy atom. The number of hydrogen-bond acceptors (Lipinski definition) is 4. The Balaban J connectivity index is 1.70. The van der Waals surface area contributed by atoms with Crippen molar-refractivity contribution in [2.75, 3.05) is 52.7 Å². The van der Waals surface area contributed by atoms with E-state index in [1.807, 2.05) is 6.08 Å². The maximum absolute atomic E-state index is 5.96. The van der Waals surface area contributed by atoms with E-state index in [9.17, 15) is 0 Å². The zero-order valence-corrected chi connectivity index (χ0v) is 14.5. The lowest BCUT2D eigenvalue weighted by atomic mass is 10.0. The molecule has 1 aliphatic rings. The smallest absolute Gasteiger partial charge is 0.125 e. The Morgan fingerprint density at radius 1 is 1.17 bits per heavy atom. The number of aryl methyl sites for hydroxylation is 2. The molecule has 23 heavy (non-hydrogen) atoms. The summed E-state index contributed by atoms with van der Waals surface area (Å²) < 4.78 is 17.0. The average Bonchev–Trinajstić information content (AvgIpc) is 2.54. The second-order valence-corrected chi connectivity index (χ2v) is 5.98. The number of morpholine rings is 1. The van der Waals surface area contributed by atoms with Crippen LogP contribution in [0.15, 0.2) is 24.8 Å². The molecule has 1 aliphatic heterocycles. The fourth-order valence-corrected chi connectivity index (χ4v) is 2.88. The van der Waals surface area contributed by atoms with Crippen LogP contribution in [0.1, 0.15) is 16.7 Å². The number of ether oxygens (including phenoxy) is 3. The first-order valence-corrected chi connectivity index (χ1v) is 8.42. The second kappa shape index (κ2) is 9.71. The maximum Gasteiger partial charge on any atom is 0.125 e. The van der Waals surface area contributed by atoms with E-state index in [4.69, 9.17) is 14.2 Å². The number of nitrogens with zero attached hydrogens (tertiary/aromatic N) is 1. The van der Waals surface area contributed by atoms with Crippen LogP contribution in [0.2, 0.25) is 0 Å². The lowest BCUT2D eigenvalue weighted by Crippen LogP contribution is -2.38. The Kier molecular flexibility index (Phi) is 7.59. The highest BCUT2D eigenvalue weighted by atomic mass is 16.5. The molecule has 0 aromatic heterocycles. The molecule has 0 N–H and O–H groups in total. The zero-order valence-electron chi connectivity index (χ0n) is 14.5. The van der Waals surface area contributed by atoms with Crippen LogP contribution in [0.5, 0.6) is 5.75 Å². The molecule has 0 spiro atoms. The van der Waals surface area contributed by atoms with Crippen LogP contribution >= 0.6 is 0 Å². The van der Waals surface area contributed by atoms with Gasteiger partial charge in [0.1, 0.15) is 12.4 Å². The average molecular weight is 319 g/mol. The van der Waals surface area contributed by atoms with E-state index in [-0.39, 0.29) is 0 Å². The molecule has 1 saturated heterocycles. The second-order valence-electron chi connectivity index (χ2n) is 5.98. The predicted octanol–water partition coefficient (Wildman–Crippen LogP) is 2.76. The summed E-state index contributed by atoms with van der Waals surface area (Å²) in [5, 5.41) is 0. The normalized spacial score (nSPS) is 15.6. The minimum absolute atomic E-state index is 0.581. The molecule has 2 rings (SSSR count). The fourth-order valence-electron chi connectivity index (χ4n) is 2.88. The third-order valence-corrected chi connectivity index (χ3v) is 3.99. The van der Waals surface area contributed by atoms with Gasteiger partial charge in [0.15, 0.2) is 0 Å². The third-order valence-electron chi connectivity index (χ3n) is 3.99. The molecular formula is C19H29NO3. The lowest BCUT2D eigenvalue weighted by molar-refractivity contribution is 0.0170. The molecule has 0 amide bonds. The van der Waals surface area contributed by atoms with Crippen LogP contribution in [-0.4, -0.2) is 57.6 Å². The van der Waals surface area contributed by atoms with Crippen LogP contribution in [0.25, 0.3) is 0 Å². The Hall–Kier alpha value is -1.36. The quantitative estimate of drug-likeness (QED) is 0.517. The standard InChI is InChI=1S/C19H29NO3/c1-4-5-18-15-16(2)14-17(3)19(18)23-13-12-22-11-8-20-6-9-21-10-7-20/h4,14-15H,1,5-13H2,2-3H3. The van der Waals surface area contributed by atoms with Crippen LogP contribution in [0, 0.1) is 13.8 Å². The highest BCUT2D eigenvalue weighted by molar-refractivity contribution is 5.44. The van der Waals surface area contributed by atoms with Crippen molar-refractivity contribution in [1.82, 2.24) is 4.90 Å². The molecule has 0 bridgehead atoms. The van der Waals surface area contributed by atoms with Crippen LogP contribution < -0.4 is 4.74 Å². The fraction of sp³-hybridized carbons (Fsp3) is 0.579. The molecule has 4 nitrogen and oxygen atoms in total. The maximum atomic E-state index is 5.96.